The van der Waals surface area contributed by atoms with Gasteiger partial charge in [-0.05, 0) is 12.3 Å². The number of aliphatic carboxylic acids is 1. The lowest BCUT2D eigenvalue weighted by atomic mass is 10.1. The van der Waals surface area contributed by atoms with Crippen molar-refractivity contribution in [2.75, 3.05) is 6.61 Å². The Morgan fingerprint density at radius 2 is 1.83 bits per heavy atom. The number of carboxylic acid groups (broad SMARTS) is 1. The standard InChI is InChI=1S/C5H11NO2.C3H8O/c1-3(2)4(6)5(7)8;1-2-3-4/h3-4H,6H2,1-2H3,(H,7,8);4H,2-3H2,1H3/t4-;/m0./s1. The molecule has 0 amide bonds. The minimum Gasteiger partial charge on any atom is -0.480 e. The number of rotatable bonds is 3. The third-order valence-corrected chi connectivity index (χ3v) is 1.23. The smallest absolute Gasteiger partial charge is 0.320 e. The summed E-state index contributed by atoms with van der Waals surface area (Å²) in [6.07, 6.45) is 0.875. The molecule has 4 nitrogen and oxygen atoms in total. The quantitative estimate of drug-likeness (QED) is 0.584. The lowest BCUT2D eigenvalue weighted by Gasteiger charge is -2.07. The van der Waals surface area contributed by atoms with Crippen LogP contribution in [0.3, 0.4) is 0 Å². The second kappa shape index (κ2) is 8.49. The van der Waals surface area contributed by atoms with Crippen molar-refractivity contribution in [2.24, 2.45) is 11.7 Å². The van der Waals surface area contributed by atoms with Gasteiger partial charge in [-0.3, -0.25) is 4.79 Å². The van der Waals surface area contributed by atoms with Gasteiger partial charge in [0.15, 0.2) is 0 Å². The summed E-state index contributed by atoms with van der Waals surface area (Å²) in [4.78, 5) is 10.0. The second-order valence-corrected chi connectivity index (χ2v) is 2.83. The van der Waals surface area contributed by atoms with E-state index in [0.717, 1.165) is 6.42 Å². The molecule has 4 heteroatoms. The average Bonchev–Trinajstić information content (AvgIpc) is 2.03. The van der Waals surface area contributed by atoms with Crippen LogP contribution in [0.4, 0.5) is 0 Å². The van der Waals surface area contributed by atoms with Gasteiger partial charge in [0.2, 0.25) is 0 Å². The summed E-state index contributed by atoms with van der Waals surface area (Å²) in [6, 6.07) is -0.713. The predicted molar refractivity (Wildman–Crippen MR) is 47.8 cm³/mol. The number of aliphatic hydroxyl groups excluding tert-OH is 1. The molecule has 0 fully saturated rings. The second-order valence-electron chi connectivity index (χ2n) is 2.83. The van der Waals surface area contributed by atoms with Gasteiger partial charge in [-0.25, -0.2) is 0 Å². The van der Waals surface area contributed by atoms with Crippen LogP contribution in [0.1, 0.15) is 27.2 Å². The van der Waals surface area contributed by atoms with Gasteiger partial charge in [0, 0.05) is 6.61 Å². The number of nitrogens with two attached hydrogens (primary N) is 1. The molecule has 12 heavy (non-hydrogen) atoms. The van der Waals surface area contributed by atoms with Crippen LogP contribution in [-0.4, -0.2) is 28.8 Å². The first-order valence-corrected chi connectivity index (χ1v) is 4.06. The van der Waals surface area contributed by atoms with Gasteiger partial charge in [-0.1, -0.05) is 20.8 Å². The van der Waals surface area contributed by atoms with E-state index in [9.17, 15) is 4.79 Å². The third kappa shape index (κ3) is 9.39. The average molecular weight is 177 g/mol. The summed E-state index contributed by atoms with van der Waals surface area (Å²) in [5.74, 6) is -0.910. The van der Waals surface area contributed by atoms with Crippen LogP contribution >= 0.6 is 0 Å². The lowest BCUT2D eigenvalue weighted by molar-refractivity contribution is -0.139. The largest absolute Gasteiger partial charge is 0.480 e. The van der Waals surface area contributed by atoms with Gasteiger partial charge < -0.3 is 15.9 Å². The highest BCUT2D eigenvalue weighted by Gasteiger charge is 2.14. The van der Waals surface area contributed by atoms with Crippen LogP contribution in [0.15, 0.2) is 0 Å². The highest BCUT2D eigenvalue weighted by molar-refractivity contribution is 5.73. The monoisotopic (exact) mass is 177 g/mol. The number of carbonyl (C=O) groups is 1. The molecule has 0 spiro atoms. The molecule has 0 aromatic heterocycles. The Hall–Kier alpha value is -0.610. The fourth-order valence-corrected chi connectivity index (χ4v) is 0.285. The Bertz CT molecular complexity index is 113. The first-order chi connectivity index (χ1) is 5.47. The molecule has 0 unspecified atom stereocenters. The molecule has 1 atom stereocenters. The van der Waals surface area contributed by atoms with Crippen LogP contribution in [-0.2, 0) is 4.79 Å². The molecule has 0 aromatic rings. The number of carboxylic acids is 1. The molecule has 0 rings (SSSR count). The number of aliphatic hydroxyl groups is 1. The minimum atomic E-state index is -0.931. The maximum absolute atomic E-state index is 10.0. The van der Waals surface area contributed by atoms with E-state index in [0.29, 0.717) is 6.61 Å². The Labute approximate surface area is 73.4 Å². The van der Waals surface area contributed by atoms with E-state index in [-0.39, 0.29) is 5.92 Å². The fraction of sp³-hybridized carbons (Fsp3) is 0.875. The van der Waals surface area contributed by atoms with Crippen molar-refractivity contribution >= 4 is 5.97 Å². The van der Waals surface area contributed by atoms with Gasteiger partial charge in [0.1, 0.15) is 6.04 Å². The molecule has 74 valence electrons. The molecule has 0 bridgehead atoms. The summed E-state index contributed by atoms with van der Waals surface area (Å²) in [7, 11) is 0. The molecule has 0 aliphatic carbocycles. The Balaban J connectivity index is 0. The molecule has 0 heterocycles. The number of hydrogen-bond acceptors (Lipinski definition) is 3. The van der Waals surface area contributed by atoms with Crippen LogP contribution in [0.2, 0.25) is 0 Å². The maximum Gasteiger partial charge on any atom is 0.320 e. The zero-order valence-corrected chi connectivity index (χ0v) is 7.95. The Morgan fingerprint density at radius 1 is 1.50 bits per heavy atom. The summed E-state index contributed by atoms with van der Waals surface area (Å²) < 4.78 is 0. The predicted octanol–water partition coefficient (Wildman–Crippen LogP) is 0.443. The highest BCUT2D eigenvalue weighted by atomic mass is 16.4. The van der Waals surface area contributed by atoms with Gasteiger partial charge in [-0.2, -0.15) is 0 Å². The molecule has 0 saturated heterocycles. The first kappa shape index (κ1) is 13.9. The summed E-state index contributed by atoms with van der Waals surface area (Å²) in [6.45, 7) is 5.80. The van der Waals surface area contributed by atoms with E-state index in [4.69, 9.17) is 15.9 Å². The number of hydrogen-bond donors (Lipinski definition) is 3. The van der Waals surface area contributed by atoms with Crippen molar-refractivity contribution < 1.29 is 15.0 Å². The topological polar surface area (TPSA) is 83.6 Å². The van der Waals surface area contributed by atoms with E-state index in [2.05, 4.69) is 0 Å². The van der Waals surface area contributed by atoms with Crippen molar-refractivity contribution in [1.82, 2.24) is 0 Å². The van der Waals surface area contributed by atoms with E-state index in [1.165, 1.54) is 0 Å². The molecule has 0 aliphatic heterocycles. The summed E-state index contributed by atoms with van der Waals surface area (Å²) in [5, 5.41) is 16.1. The van der Waals surface area contributed by atoms with Crippen molar-refractivity contribution in [3.8, 4) is 0 Å². The Morgan fingerprint density at radius 3 is 1.83 bits per heavy atom. The van der Waals surface area contributed by atoms with E-state index in [1.54, 1.807) is 13.8 Å². The van der Waals surface area contributed by atoms with Crippen LogP contribution < -0.4 is 5.73 Å². The van der Waals surface area contributed by atoms with E-state index >= 15 is 0 Å². The van der Waals surface area contributed by atoms with Crippen molar-refractivity contribution in [2.45, 2.75) is 33.2 Å². The fourth-order valence-electron chi connectivity index (χ4n) is 0.285. The molecule has 0 aliphatic rings. The molecule has 0 saturated carbocycles. The van der Waals surface area contributed by atoms with Crippen LogP contribution in [0, 0.1) is 5.92 Å². The Kier molecular flexibility index (Phi) is 9.86. The van der Waals surface area contributed by atoms with E-state index < -0.39 is 12.0 Å². The van der Waals surface area contributed by atoms with Crippen molar-refractivity contribution in [1.29, 1.82) is 0 Å². The van der Waals surface area contributed by atoms with E-state index in [1.807, 2.05) is 6.92 Å². The van der Waals surface area contributed by atoms with Crippen LogP contribution in [0.5, 0.6) is 0 Å². The van der Waals surface area contributed by atoms with Crippen molar-refractivity contribution in [3.63, 3.8) is 0 Å². The van der Waals surface area contributed by atoms with Gasteiger partial charge in [0.25, 0.3) is 0 Å². The van der Waals surface area contributed by atoms with Gasteiger partial charge in [-0.15, -0.1) is 0 Å². The van der Waals surface area contributed by atoms with Crippen molar-refractivity contribution in [3.05, 3.63) is 0 Å². The summed E-state index contributed by atoms with van der Waals surface area (Å²) in [5.41, 5.74) is 5.16. The summed E-state index contributed by atoms with van der Waals surface area (Å²) >= 11 is 0. The molecular weight excluding hydrogens is 158 g/mol. The normalized spacial score (nSPS) is 11.8. The SMILES string of the molecule is CC(C)[C@H](N)C(=O)O.CCCO. The van der Waals surface area contributed by atoms with Gasteiger partial charge in [0.05, 0.1) is 0 Å². The molecule has 4 N–H and O–H groups in total. The van der Waals surface area contributed by atoms with Gasteiger partial charge >= 0.3 is 5.97 Å². The first-order valence-electron chi connectivity index (χ1n) is 4.06. The minimum absolute atomic E-state index is 0.0208. The molecule has 0 aromatic carbocycles. The lowest BCUT2D eigenvalue weighted by Crippen LogP contribution is -2.34. The maximum atomic E-state index is 10.0. The third-order valence-electron chi connectivity index (χ3n) is 1.23. The molecule has 0 radical (unpaired) electrons. The highest BCUT2D eigenvalue weighted by Crippen LogP contribution is 1.96. The molecular formula is C8H19NO3. The zero-order valence-electron chi connectivity index (χ0n) is 7.95. The zero-order chi connectivity index (χ0) is 10.1. The van der Waals surface area contributed by atoms with Crippen LogP contribution in [0.25, 0.3) is 0 Å².